The highest BCUT2D eigenvalue weighted by atomic mass is 16.5. The van der Waals surface area contributed by atoms with Gasteiger partial charge in [0.05, 0.1) is 12.0 Å². The number of hydrogen-bond donors (Lipinski definition) is 1. The fourth-order valence-electron chi connectivity index (χ4n) is 3.64. The first-order valence-electron chi connectivity index (χ1n) is 7.68. The fraction of sp³-hybridized carbons (Fsp3) is 0.933. The maximum Gasteiger partial charge on any atom is 0.305 e. The van der Waals surface area contributed by atoms with E-state index in [9.17, 15) is 9.90 Å². The average Bonchev–Trinajstić information content (AvgIpc) is 2.38. The van der Waals surface area contributed by atoms with Crippen LogP contribution in [0.25, 0.3) is 0 Å². The Kier molecular flexibility index (Phi) is 4.72. The van der Waals surface area contributed by atoms with E-state index in [-0.39, 0.29) is 17.6 Å². The molecular formula is C15H28N2O3. The summed E-state index contributed by atoms with van der Waals surface area (Å²) >= 11 is 0. The standard InChI is InChI=1S/C15H28N2O3/c1-4-14(2)12-15(5-10-20-14,11-13(18)19)17-8-6-16(3)7-9-17/h4-12H2,1-3H3,(H,18,19). The number of carboxylic acids is 1. The molecule has 2 saturated heterocycles. The third-order valence-electron chi connectivity index (χ3n) is 5.12. The quantitative estimate of drug-likeness (QED) is 0.846. The lowest BCUT2D eigenvalue weighted by atomic mass is 9.75. The molecule has 0 aromatic heterocycles. The van der Waals surface area contributed by atoms with Crippen LogP contribution >= 0.6 is 0 Å². The molecule has 1 N–H and O–H groups in total. The van der Waals surface area contributed by atoms with Crippen molar-refractivity contribution >= 4 is 5.97 Å². The van der Waals surface area contributed by atoms with Crippen LogP contribution in [0, 0.1) is 0 Å². The third-order valence-corrected chi connectivity index (χ3v) is 5.12. The van der Waals surface area contributed by atoms with E-state index < -0.39 is 5.97 Å². The van der Waals surface area contributed by atoms with E-state index in [1.54, 1.807) is 0 Å². The van der Waals surface area contributed by atoms with Crippen LogP contribution in [-0.4, -0.2) is 71.8 Å². The van der Waals surface area contributed by atoms with Crippen molar-refractivity contribution in [1.82, 2.24) is 9.80 Å². The van der Waals surface area contributed by atoms with Crippen LogP contribution in [0.4, 0.5) is 0 Å². The van der Waals surface area contributed by atoms with Gasteiger partial charge in [0.15, 0.2) is 0 Å². The van der Waals surface area contributed by atoms with Crippen molar-refractivity contribution in [2.45, 2.75) is 50.7 Å². The normalized spacial score (nSPS) is 37.0. The number of ether oxygens (including phenoxy) is 1. The second-order valence-corrected chi connectivity index (χ2v) is 6.66. The molecule has 2 aliphatic rings. The largest absolute Gasteiger partial charge is 0.481 e. The summed E-state index contributed by atoms with van der Waals surface area (Å²) in [5, 5.41) is 9.38. The molecule has 0 bridgehead atoms. The predicted octanol–water partition coefficient (Wildman–Crippen LogP) is 1.43. The van der Waals surface area contributed by atoms with E-state index in [1.165, 1.54) is 0 Å². The lowest BCUT2D eigenvalue weighted by Crippen LogP contribution is -2.62. The second-order valence-electron chi connectivity index (χ2n) is 6.66. The molecule has 0 spiro atoms. The van der Waals surface area contributed by atoms with Crippen LogP contribution in [0.2, 0.25) is 0 Å². The number of aliphatic carboxylic acids is 1. The Bertz CT molecular complexity index is 355. The molecule has 2 unspecified atom stereocenters. The van der Waals surface area contributed by atoms with Crippen molar-refractivity contribution in [2.24, 2.45) is 0 Å². The van der Waals surface area contributed by atoms with Crippen LogP contribution in [0.1, 0.15) is 39.5 Å². The lowest BCUT2D eigenvalue weighted by molar-refractivity contribution is -0.157. The molecular weight excluding hydrogens is 256 g/mol. The highest BCUT2D eigenvalue weighted by Crippen LogP contribution is 2.41. The summed E-state index contributed by atoms with van der Waals surface area (Å²) in [7, 11) is 2.13. The summed E-state index contributed by atoms with van der Waals surface area (Å²) in [6.45, 7) is 8.88. The minimum Gasteiger partial charge on any atom is -0.481 e. The molecule has 2 fully saturated rings. The van der Waals surface area contributed by atoms with Gasteiger partial charge in [-0.25, -0.2) is 0 Å². The van der Waals surface area contributed by atoms with Crippen molar-refractivity contribution in [3.05, 3.63) is 0 Å². The maximum atomic E-state index is 11.4. The van der Waals surface area contributed by atoms with Crippen LogP contribution in [0.5, 0.6) is 0 Å². The number of hydrogen-bond acceptors (Lipinski definition) is 4. The molecule has 2 atom stereocenters. The zero-order chi connectivity index (χ0) is 14.8. The first-order valence-corrected chi connectivity index (χ1v) is 7.68. The Morgan fingerprint density at radius 1 is 1.30 bits per heavy atom. The van der Waals surface area contributed by atoms with Gasteiger partial charge in [-0.1, -0.05) is 6.92 Å². The third kappa shape index (κ3) is 3.32. The molecule has 0 aliphatic carbocycles. The smallest absolute Gasteiger partial charge is 0.305 e. The van der Waals surface area contributed by atoms with Crippen molar-refractivity contribution in [2.75, 3.05) is 39.8 Å². The number of carboxylic acid groups (broad SMARTS) is 1. The van der Waals surface area contributed by atoms with Gasteiger partial charge in [-0.15, -0.1) is 0 Å². The molecule has 20 heavy (non-hydrogen) atoms. The molecule has 0 amide bonds. The predicted molar refractivity (Wildman–Crippen MR) is 77.9 cm³/mol. The van der Waals surface area contributed by atoms with Gasteiger partial charge >= 0.3 is 5.97 Å². The van der Waals surface area contributed by atoms with Gasteiger partial charge in [0.1, 0.15) is 0 Å². The van der Waals surface area contributed by atoms with Gasteiger partial charge < -0.3 is 14.7 Å². The molecule has 2 aliphatic heterocycles. The Hall–Kier alpha value is -0.650. The molecule has 0 radical (unpaired) electrons. The molecule has 2 rings (SSSR count). The van der Waals surface area contributed by atoms with E-state index in [2.05, 4.69) is 30.7 Å². The van der Waals surface area contributed by atoms with Gasteiger partial charge in [-0.2, -0.15) is 0 Å². The second kappa shape index (κ2) is 6.00. The van der Waals surface area contributed by atoms with Gasteiger partial charge in [-0.05, 0) is 33.2 Å². The number of carbonyl (C=O) groups is 1. The number of nitrogens with zero attached hydrogens (tertiary/aromatic N) is 2. The van der Waals surface area contributed by atoms with E-state index in [4.69, 9.17) is 4.74 Å². The Morgan fingerprint density at radius 2 is 1.95 bits per heavy atom. The van der Waals surface area contributed by atoms with Gasteiger partial charge in [0, 0.05) is 38.3 Å². The summed E-state index contributed by atoms with van der Waals surface area (Å²) in [5.74, 6) is -0.690. The van der Waals surface area contributed by atoms with Crippen LogP contribution in [-0.2, 0) is 9.53 Å². The highest BCUT2D eigenvalue weighted by molar-refractivity contribution is 5.68. The van der Waals surface area contributed by atoms with Gasteiger partial charge in [0.25, 0.3) is 0 Å². The SMILES string of the molecule is CCC1(C)CC(CC(=O)O)(N2CCN(C)CC2)CCO1. The maximum absolute atomic E-state index is 11.4. The van der Waals surface area contributed by atoms with Crippen LogP contribution in [0.15, 0.2) is 0 Å². The van der Waals surface area contributed by atoms with Gasteiger partial charge in [0.2, 0.25) is 0 Å². The molecule has 5 heteroatoms. The molecule has 0 aromatic carbocycles. The zero-order valence-electron chi connectivity index (χ0n) is 13.0. The molecule has 116 valence electrons. The number of piperazine rings is 1. The Labute approximate surface area is 121 Å². The molecule has 5 nitrogen and oxygen atoms in total. The first kappa shape index (κ1) is 15.7. The van der Waals surface area contributed by atoms with E-state index in [1.807, 2.05) is 0 Å². The van der Waals surface area contributed by atoms with Crippen LogP contribution in [0.3, 0.4) is 0 Å². The summed E-state index contributed by atoms with van der Waals surface area (Å²) in [6, 6.07) is 0. The van der Waals surface area contributed by atoms with Gasteiger partial charge in [-0.3, -0.25) is 9.69 Å². The monoisotopic (exact) mass is 284 g/mol. The summed E-state index contributed by atoms with van der Waals surface area (Å²) in [4.78, 5) is 16.1. The average molecular weight is 284 g/mol. The number of likely N-dealkylation sites (N-methyl/N-ethyl adjacent to an activating group) is 1. The zero-order valence-corrected chi connectivity index (χ0v) is 13.0. The van der Waals surface area contributed by atoms with E-state index >= 15 is 0 Å². The summed E-state index contributed by atoms with van der Waals surface area (Å²) in [5.41, 5.74) is -0.410. The minimum absolute atomic E-state index is 0.183. The molecule has 0 saturated carbocycles. The highest BCUT2D eigenvalue weighted by Gasteiger charge is 2.47. The van der Waals surface area contributed by atoms with Crippen LogP contribution < -0.4 is 0 Å². The minimum atomic E-state index is -0.690. The van der Waals surface area contributed by atoms with Crippen molar-refractivity contribution in [3.63, 3.8) is 0 Å². The van der Waals surface area contributed by atoms with Crippen molar-refractivity contribution in [3.8, 4) is 0 Å². The summed E-state index contributed by atoms with van der Waals surface area (Å²) in [6.07, 6.45) is 2.82. The molecule has 2 heterocycles. The Morgan fingerprint density at radius 3 is 2.50 bits per heavy atom. The number of rotatable bonds is 4. The summed E-state index contributed by atoms with van der Waals surface area (Å²) < 4.78 is 5.93. The van der Waals surface area contributed by atoms with E-state index in [0.29, 0.717) is 6.61 Å². The van der Waals surface area contributed by atoms with Crippen molar-refractivity contribution in [1.29, 1.82) is 0 Å². The van der Waals surface area contributed by atoms with Crippen molar-refractivity contribution < 1.29 is 14.6 Å². The fourth-order valence-corrected chi connectivity index (χ4v) is 3.64. The Balaban J connectivity index is 2.19. The topological polar surface area (TPSA) is 53.0 Å². The first-order chi connectivity index (χ1) is 9.39. The van der Waals surface area contributed by atoms with E-state index in [0.717, 1.165) is 45.4 Å². The molecule has 0 aromatic rings. The lowest BCUT2D eigenvalue weighted by Gasteiger charge is -2.53.